The van der Waals surface area contributed by atoms with Crippen molar-refractivity contribution in [1.82, 2.24) is 10.2 Å². The van der Waals surface area contributed by atoms with Gasteiger partial charge in [0.1, 0.15) is 0 Å². The summed E-state index contributed by atoms with van der Waals surface area (Å²) in [5, 5.41) is 3.51. The minimum Gasteiger partial charge on any atom is -0.384 e. The van der Waals surface area contributed by atoms with Crippen LogP contribution in [0.4, 0.5) is 0 Å². The molecule has 18 heavy (non-hydrogen) atoms. The molecule has 0 radical (unpaired) electrons. The van der Waals surface area contributed by atoms with Gasteiger partial charge in [0.15, 0.2) is 0 Å². The van der Waals surface area contributed by atoms with E-state index in [0.717, 1.165) is 38.8 Å². The lowest BCUT2D eigenvalue weighted by molar-refractivity contribution is 0.111. The van der Waals surface area contributed by atoms with Crippen molar-refractivity contribution in [2.75, 3.05) is 59.7 Å². The normalized spacial score (nSPS) is 33.3. The summed E-state index contributed by atoms with van der Waals surface area (Å²) in [5.74, 6) is 0.730. The molecular formula is C14H28N2O2. The molecule has 0 aliphatic carbocycles. The molecule has 0 bridgehead atoms. The highest BCUT2D eigenvalue weighted by Crippen LogP contribution is 2.31. The predicted molar refractivity (Wildman–Crippen MR) is 72.8 cm³/mol. The second-order valence-corrected chi connectivity index (χ2v) is 5.93. The maximum atomic E-state index is 5.65. The van der Waals surface area contributed by atoms with Gasteiger partial charge in [-0.2, -0.15) is 0 Å². The van der Waals surface area contributed by atoms with E-state index in [9.17, 15) is 0 Å². The Balaban J connectivity index is 1.82. The molecule has 2 aliphatic heterocycles. The van der Waals surface area contributed by atoms with Crippen molar-refractivity contribution in [2.24, 2.45) is 11.3 Å². The summed E-state index contributed by atoms with van der Waals surface area (Å²) >= 11 is 0. The number of hydrogen-bond acceptors (Lipinski definition) is 4. The Morgan fingerprint density at radius 3 is 3.06 bits per heavy atom. The van der Waals surface area contributed by atoms with Crippen LogP contribution in [0, 0.1) is 11.3 Å². The summed E-state index contributed by atoms with van der Waals surface area (Å²) in [5.41, 5.74) is 0.345. The molecule has 4 nitrogen and oxygen atoms in total. The third kappa shape index (κ3) is 3.67. The van der Waals surface area contributed by atoms with Crippen molar-refractivity contribution < 1.29 is 9.47 Å². The lowest BCUT2D eigenvalue weighted by Crippen LogP contribution is -2.44. The lowest BCUT2D eigenvalue weighted by Gasteiger charge is -2.32. The molecule has 2 fully saturated rings. The minimum absolute atomic E-state index is 0.345. The van der Waals surface area contributed by atoms with E-state index in [1.165, 1.54) is 32.5 Å². The van der Waals surface area contributed by atoms with E-state index >= 15 is 0 Å². The second-order valence-electron chi connectivity index (χ2n) is 5.93. The maximum absolute atomic E-state index is 5.65. The quantitative estimate of drug-likeness (QED) is 0.736. The van der Waals surface area contributed by atoms with E-state index in [1.54, 1.807) is 7.11 Å². The van der Waals surface area contributed by atoms with Crippen molar-refractivity contribution in [3.63, 3.8) is 0 Å². The Labute approximate surface area is 111 Å². The van der Waals surface area contributed by atoms with Gasteiger partial charge >= 0.3 is 0 Å². The number of nitrogens with zero attached hydrogens (tertiary/aromatic N) is 1. The zero-order chi connectivity index (χ0) is 12.8. The average molecular weight is 256 g/mol. The fourth-order valence-electron chi connectivity index (χ4n) is 3.26. The molecular weight excluding hydrogens is 228 g/mol. The molecule has 0 saturated carbocycles. The molecule has 2 heterocycles. The molecule has 2 atom stereocenters. The van der Waals surface area contributed by atoms with Crippen LogP contribution >= 0.6 is 0 Å². The molecule has 0 aromatic carbocycles. The van der Waals surface area contributed by atoms with Gasteiger partial charge in [-0.05, 0) is 31.8 Å². The summed E-state index contributed by atoms with van der Waals surface area (Å²) in [6.45, 7) is 10.7. The van der Waals surface area contributed by atoms with Crippen LogP contribution in [0.15, 0.2) is 0 Å². The van der Waals surface area contributed by atoms with Crippen LogP contribution < -0.4 is 5.32 Å². The van der Waals surface area contributed by atoms with Gasteiger partial charge in [0.25, 0.3) is 0 Å². The van der Waals surface area contributed by atoms with Crippen molar-refractivity contribution in [1.29, 1.82) is 0 Å². The van der Waals surface area contributed by atoms with E-state index in [4.69, 9.17) is 9.47 Å². The molecule has 0 aromatic heterocycles. The zero-order valence-electron chi connectivity index (χ0n) is 11.9. The third-order valence-electron chi connectivity index (χ3n) is 4.27. The van der Waals surface area contributed by atoms with Crippen LogP contribution in [0.3, 0.4) is 0 Å². The van der Waals surface area contributed by atoms with Crippen molar-refractivity contribution in [3.8, 4) is 0 Å². The molecule has 0 spiro atoms. The fraction of sp³-hybridized carbons (Fsp3) is 1.00. The number of nitrogens with one attached hydrogen (secondary N) is 1. The monoisotopic (exact) mass is 256 g/mol. The van der Waals surface area contributed by atoms with Crippen LogP contribution in [-0.4, -0.2) is 64.6 Å². The Bertz CT molecular complexity index is 242. The summed E-state index contributed by atoms with van der Waals surface area (Å²) in [7, 11) is 1.81. The Morgan fingerprint density at radius 1 is 1.50 bits per heavy atom. The molecule has 106 valence electrons. The van der Waals surface area contributed by atoms with Gasteiger partial charge < -0.3 is 19.7 Å². The van der Waals surface area contributed by atoms with Gasteiger partial charge in [0, 0.05) is 38.8 Å². The van der Waals surface area contributed by atoms with Gasteiger partial charge in [-0.1, -0.05) is 6.92 Å². The SMILES string of the molecule is CCNCC1(CN2CCC(COC)C2)CCOC1. The number of likely N-dealkylation sites (tertiary alicyclic amines) is 1. The Morgan fingerprint density at radius 2 is 2.39 bits per heavy atom. The third-order valence-corrected chi connectivity index (χ3v) is 4.27. The smallest absolute Gasteiger partial charge is 0.0547 e. The molecule has 0 aromatic rings. The second kappa shape index (κ2) is 6.85. The number of hydrogen-bond donors (Lipinski definition) is 1. The minimum atomic E-state index is 0.345. The fourth-order valence-corrected chi connectivity index (χ4v) is 3.26. The molecule has 4 heteroatoms. The first kappa shape index (κ1) is 14.3. The van der Waals surface area contributed by atoms with Gasteiger partial charge in [-0.15, -0.1) is 0 Å². The Kier molecular flexibility index (Phi) is 5.42. The van der Waals surface area contributed by atoms with E-state index in [2.05, 4.69) is 17.1 Å². The van der Waals surface area contributed by atoms with E-state index < -0.39 is 0 Å². The number of ether oxygens (including phenoxy) is 2. The molecule has 2 unspecified atom stereocenters. The van der Waals surface area contributed by atoms with E-state index in [-0.39, 0.29) is 0 Å². The molecule has 2 saturated heterocycles. The maximum Gasteiger partial charge on any atom is 0.0547 e. The summed E-state index contributed by atoms with van der Waals surface area (Å²) in [4.78, 5) is 2.61. The largest absolute Gasteiger partial charge is 0.384 e. The average Bonchev–Trinajstić information content (AvgIpc) is 2.98. The topological polar surface area (TPSA) is 33.7 Å². The highest BCUT2D eigenvalue weighted by molar-refractivity contribution is 4.90. The van der Waals surface area contributed by atoms with Gasteiger partial charge in [-0.3, -0.25) is 0 Å². The van der Waals surface area contributed by atoms with E-state index in [0.29, 0.717) is 5.41 Å². The summed E-state index contributed by atoms with van der Waals surface area (Å²) < 4.78 is 10.9. The molecule has 0 amide bonds. The van der Waals surface area contributed by atoms with Crippen LogP contribution in [0.5, 0.6) is 0 Å². The van der Waals surface area contributed by atoms with Crippen LogP contribution in [0.25, 0.3) is 0 Å². The van der Waals surface area contributed by atoms with Crippen LogP contribution in [0.2, 0.25) is 0 Å². The van der Waals surface area contributed by atoms with Crippen LogP contribution in [-0.2, 0) is 9.47 Å². The van der Waals surface area contributed by atoms with Gasteiger partial charge in [0.2, 0.25) is 0 Å². The molecule has 2 aliphatic rings. The predicted octanol–water partition coefficient (Wildman–Crippen LogP) is 0.971. The standard InChI is InChI=1S/C14H28N2O2/c1-3-15-10-14(5-7-18-12-14)11-16-6-4-13(8-16)9-17-2/h13,15H,3-12H2,1-2H3. The highest BCUT2D eigenvalue weighted by atomic mass is 16.5. The van der Waals surface area contributed by atoms with Crippen LogP contribution in [0.1, 0.15) is 19.8 Å². The number of methoxy groups -OCH3 is 1. The van der Waals surface area contributed by atoms with Crippen molar-refractivity contribution in [3.05, 3.63) is 0 Å². The zero-order valence-corrected chi connectivity index (χ0v) is 11.9. The van der Waals surface area contributed by atoms with Gasteiger partial charge in [0.05, 0.1) is 13.2 Å². The highest BCUT2D eigenvalue weighted by Gasteiger charge is 2.37. The number of rotatable bonds is 7. The lowest BCUT2D eigenvalue weighted by atomic mass is 9.86. The van der Waals surface area contributed by atoms with Crippen molar-refractivity contribution >= 4 is 0 Å². The summed E-state index contributed by atoms with van der Waals surface area (Å²) in [6, 6.07) is 0. The first-order valence-corrected chi connectivity index (χ1v) is 7.28. The van der Waals surface area contributed by atoms with Crippen molar-refractivity contribution in [2.45, 2.75) is 19.8 Å². The summed E-state index contributed by atoms with van der Waals surface area (Å²) in [6.07, 6.45) is 2.48. The van der Waals surface area contributed by atoms with E-state index in [1.807, 2.05) is 0 Å². The molecule has 1 N–H and O–H groups in total. The molecule has 2 rings (SSSR count). The Hall–Kier alpha value is -0.160. The van der Waals surface area contributed by atoms with Gasteiger partial charge in [-0.25, -0.2) is 0 Å². The first-order chi connectivity index (χ1) is 8.78. The first-order valence-electron chi connectivity index (χ1n) is 7.28.